The maximum Gasteiger partial charge on any atom is 0.191 e. The van der Waals surface area contributed by atoms with Crippen molar-refractivity contribution in [2.75, 3.05) is 26.7 Å². The highest BCUT2D eigenvalue weighted by atomic mass is 35.5. The molecule has 0 atom stereocenters. The standard InChI is InChI=1S/C17H21ClN4O/c1-19-17(21-10-8-14-4-6-15(18)7-5-14)22-11-12-23-16-3-2-9-20-13-16/h2-7,9,13H,8,10-12H2,1H3,(H2,19,21,22). The van der Waals surface area contributed by atoms with Crippen LogP contribution in [0.3, 0.4) is 0 Å². The topological polar surface area (TPSA) is 58.5 Å². The summed E-state index contributed by atoms with van der Waals surface area (Å²) in [4.78, 5) is 8.18. The highest BCUT2D eigenvalue weighted by Gasteiger charge is 1.99. The van der Waals surface area contributed by atoms with Crippen molar-refractivity contribution in [1.29, 1.82) is 0 Å². The van der Waals surface area contributed by atoms with E-state index in [0.717, 1.165) is 29.7 Å². The molecule has 0 amide bonds. The minimum Gasteiger partial charge on any atom is -0.490 e. The SMILES string of the molecule is CN=C(NCCOc1cccnc1)NCCc1ccc(Cl)cc1. The molecule has 1 aromatic heterocycles. The molecule has 2 rings (SSSR count). The summed E-state index contributed by atoms with van der Waals surface area (Å²) in [7, 11) is 1.75. The Labute approximate surface area is 141 Å². The van der Waals surface area contributed by atoms with E-state index in [0.29, 0.717) is 13.2 Å². The number of nitrogens with zero attached hydrogens (tertiary/aromatic N) is 2. The molecule has 122 valence electrons. The molecule has 0 aliphatic rings. The number of guanidine groups is 1. The Kier molecular flexibility index (Phi) is 7.20. The highest BCUT2D eigenvalue weighted by Crippen LogP contribution is 2.09. The second-order valence-corrected chi connectivity index (χ2v) is 5.28. The fourth-order valence-corrected chi connectivity index (χ4v) is 2.09. The number of ether oxygens (including phenoxy) is 1. The van der Waals surface area contributed by atoms with Gasteiger partial charge in [0.05, 0.1) is 12.7 Å². The molecule has 0 aliphatic heterocycles. The van der Waals surface area contributed by atoms with E-state index >= 15 is 0 Å². The van der Waals surface area contributed by atoms with Crippen LogP contribution in [-0.2, 0) is 6.42 Å². The van der Waals surface area contributed by atoms with Gasteiger partial charge in [-0.25, -0.2) is 0 Å². The lowest BCUT2D eigenvalue weighted by molar-refractivity contribution is 0.320. The number of benzene rings is 1. The van der Waals surface area contributed by atoms with Gasteiger partial charge in [0.2, 0.25) is 0 Å². The van der Waals surface area contributed by atoms with E-state index in [1.165, 1.54) is 5.56 Å². The average molecular weight is 333 g/mol. The zero-order valence-corrected chi connectivity index (χ0v) is 13.9. The summed E-state index contributed by atoms with van der Waals surface area (Å²) in [5, 5.41) is 7.23. The van der Waals surface area contributed by atoms with Crippen molar-refractivity contribution >= 4 is 17.6 Å². The van der Waals surface area contributed by atoms with Crippen LogP contribution >= 0.6 is 11.6 Å². The van der Waals surface area contributed by atoms with Crippen molar-refractivity contribution in [2.45, 2.75) is 6.42 Å². The molecule has 0 spiro atoms. The van der Waals surface area contributed by atoms with Gasteiger partial charge in [-0.2, -0.15) is 0 Å². The largest absolute Gasteiger partial charge is 0.490 e. The summed E-state index contributed by atoms with van der Waals surface area (Å²) in [6, 6.07) is 11.6. The molecular weight excluding hydrogens is 312 g/mol. The zero-order valence-electron chi connectivity index (χ0n) is 13.1. The summed E-state index contributed by atoms with van der Waals surface area (Å²) in [5.74, 6) is 1.52. The molecule has 0 saturated heterocycles. The van der Waals surface area contributed by atoms with Crippen LogP contribution < -0.4 is 15.4 Å². The first-order valence-electron chi connectivity index (χ1n) is 7.50. The van der Waals surface area contributed by atoms with Gasteiger partial charge in [-0.3, -0.25) is 9.98 Å². The van der Waals surface area contributed by atoms with Crippen LogP contribution in [0.25, 0.3) is 0 Å². The lowest BCUT2D eigenvalue weighted by Gasteiger charge is -2.12. The van der Waals surface area contributed by atoms with Crippen LogP contribution in [0.15, 0.2) is 53.8 Å². The normalized spacial score (nSPS) is 11.1. The van der Waals surface area contributed by atoms with Gasteiger partial charge in [-0.15, -0.1) is 0 Å². The third kappa shape index (κ3) is 6.57. The van der Waals surface area contributed by atoms with E-state index in [1.54, 1.807) is 19.4 Å². The summed E-state index contributed by atoms with van der Waals surface area (Å²) < 4.78 is 5.57. The fourth-order valence-electron chi connectivity index (χ4n) is 1.97. The Morgan fingerprint density at radius 3 is 2.65 bits per heavy atom. The highest BCUT2D eigenvalue weighted by molar-refractivity contribution is 6.30. The van der Waals surface area contributed by atoms with Gasteiger partial charge in [-0.05, 0) is 36.2 Å². The number of pyridine rings is 1. The van der Waals surface area contributed by atoms with Crippen molar-refractivity contribution in [3.63, 3.8) is 0 Å². The zero-order chi connectivity index (χ0) is 16.3. The third-order valence-corrected chi connectivity index (χ3v) is 3.39. The fraction of sp³-hybridized carbons (Fsp3) is 0.294. The summed E-state index contributed by atoms with van der Waals surface area (Å²) in [5.41, 5.74) is 1.23. The predicted octanol–water partition coefficient (Wildman–Crippen LogP) is 2.52. The molecule has 0 fully saturated rings. The number of hydrogen-bond acceptors (Lipinski definition) is 3. The predicted molar refractivity (Wildman–Crippen MR) is 94.3 cm³/mol. The first-order chi connectivity index (χ1) is 11.3. The Morgan fingerprint density at radius 1 is 1.17 bits per heavy atom. The van der Waals surface area contributed by atoms with Crippen LogP contribution in [0.1, 0.15) is 5.56 Å². The number of aliphatic imine (C=N–C) groups is 1. The number of nitrogens with one attached hydrogen (secondary N) is 2. The van der Waals surface area contributed by atoms with Gasteiger partial charge < -0.3 is 15.4 Å². The maximum absolute atomic E-state index is 5.87. The minimum absolute atomic E-state index is 0.545. The van der Waals surface area contributed by atoms with E-state index in [1.807, 2.05) is 36.4 Å². The molecule has 5 nitrogen and oxygen atoms in total. The molecule has 2 N–H and O–H groups in total. The van der Waals surface area contributed by atoms with E-state index < -0.39 is 0 Å². The number of hydrogen-bond donors (Lipinski definition) is 2. The Hall–Kier alpha value is -2.27. The van der Waals surface area contributed by atoms with Crippen molar-refractivity contribution in [2.24, 2.45) is 4.99 Å². The van der Waals surface area contributed by atoms with E-state index in [-0.39, 0.29) is 0 Å². The molecule has 1 aromatic carbocycles. The van der Waals surface area contributed by atoms with Gasteiger partial charge in [0.15, 0.2) is 5.96 Å². The van der Waals surface area contributed by atoms with E-state index in [2.05, 4.69) is 20.6 Å². The molecule has 0 radical (unpaired) electrons. The first-order valence-corrected chi connectivity index (χ1v) is 7.87. The maximum atomic E-state index is 5.87. The van der Waals surface area contributed by atoms with Crippen LogP contribution in [0.5, 0.6) is 5.75 Å². The lowest BCUT2D eigenvalue weighted by atomic mass is 10.1. The lowest BCUT2D eigenvalue weighted by Crippen LogP contribution is -2.40. The molecular formula is C17H21ClN4O. The molecule has 0 unspecified atom stereocenters. The van der Waals surface area contributed by atoms with Crippen molar-refractivity contribution in [3.05, 3.63) is 59.4 Å². The first kappa shape index (κ1) is 17.1. The smallest absolute Gasteiger partial charge is 0.191 e. The van der Waals surface area contributed by atoms with E-state index in [9.17, 15) is 0 Å². The summed E-state index contributed by atoms with van der Waals surface area (Å²) in [6.07, 6.45) is 4.32. The third-order valence-electron chi connectivity index (χ3n) is 3.14. The Balaban J connectivity index is 1.62. The van der Waals surface area contributed by atoms with Crippen LogP contribution in [0, 0.1) is 0 Å². The molecule has 0 aliphatic carbocycles. The summed E-state index contributed by atoms with van der Waals surface area (Å²) >= 11 is 5.87. The number of aromatic nitrogens is 1. The second kappa shape index (κ2) is 9.69. The van der Waals surface area contributed by atoms with Gasteiger partial charge in [-0.1, -0.05) is 23.7 Å². The molecule has 0 saturated carbocycles. The average Bonchev–Trinajstić information content (AvgIpc) is 2.59. The molecule has 23 heavy (non-hydrogen) atoms. The molecule has 6 heteroatoms. The Bertz CT molecular complexity index is 602. The van der Waals surface area contributed by atoms with Gasteiger partial charge >= 0.3 is 0 Å². The summed E-state index contributed by atoms with van der Waals surface area (Å²) in [6.45, 7) is 2.00. The van der Waals surface area contributed by atoms with Gasteiger partial charge in [0.25, 0.3) is 0 Å². The number of halogens is 1. The van der Waals surface area contributed by atoms with E-state index in [4.69, 9.17) is 16.3 Å². The minimum atomic E-state index is 0.545. The van der Waals surface area contributed by atoms with Crippen LogP contribution in [-0.4, -0.2) is 37.7 Å². The molecule has 2 aromatic rings. The van der Waals surface area contributed by atoms with Crippen molar-refractivity contribution < 1.29 is 4.74 Å². The molecule has 1 heterocycles. The monoisotopic (exact) mass is 332 g/mol. The van der Waals surface area contributed by atoms with Crippen LogP contribution in [0.4, 0.5) is 0 Å². The van der Waals surface area contributed by atoms with Gasteiger partial charge in [0, 0.05) is 24.8 Å². The quantitative estimate of drug-likeness (QED) is 0.465. The van der Waals surface area contributed by atoms with Gasteiger partial charge in [0.1, 0.15) is 12.4 Å². The second-order valence-electron chi connectivity index (χ2n) is 4.84. The Morgan fingerprint density at radius 2 is 1.96 bits per heavy atom. The van der Waals surface area contributed by atoms with Crippen molar-refractivity contribution in [1.82, 2.24) is 15.6 Å². The van der Waals surface area contributed by atoms with Crippen LogP contribution in [0.2, 0.25) is 5.02 Å². The number of rotatable bonds is 7. The molecule has 0 bridgehead atoms. The van der Waals surface area contributed by atoms with Crippen molar-refractivity contribution in [3.8, 4) is 5.75 Å².